The minimum atomic E-state index is -0.415. The van der Waals surface area contributed by atoms with Crippen LogP contribution in [0.4, 0.5) is 4.39 Å². The maximum atomic E-state index is 13.3. The quantitative estimate of drug-likeness (QED) is 0.775. The van der Waals surface area contributed by atoms with E-state index < -0.39 is 5.82 Å². The molecule has 2 aromatic carbocycles. The molecule has 2 N–H and O–H groups in total. The highest BCUT2D eigenvalue weighted by Gasteiger charge is 2.12. The lowest BCUT2D eigenvalue weighted by Crippen LogP contribution is -2.14. The fourth-order valence-corrected chi connectivity index (χ4v) is 2.86. The molecule has 2 aromatic rings. The first-order chi connectivity index (χ1) is 9.88. The minimum absolute atomic E-state index is 0.0194. The molecule has 0 radical (unpaired) electrons. The van der Waals surface area contributed by atoms with Crippen molar-refractivity contribution in [1.82, 2.24) is 0 Å². The van der Waals surface area contributed by atoms with Gasteiger partial charge < -0.3 is 10.5 Å². The summed E-state index contributed by atoms with van der Waals surface area (Å²) in [5.41, 5.74) is 6.64. The predicted octanol–water partition coefficient (Wildman–Crippen LogP) is 5.00. The van der Waals surface area contributed by atoms with Gasteiger partial charge in [0, 0.05) is 16.1 Å². The van der Waals surface area contributed by atoms with Crippen LogP contribution >= 0.6 is 47.0 Å². The third kappa shape index (κ3) is 3.98. The maximum absolute atomic E-state index is 13.3. The summed E-state index contributed by atoms with van der Waals surface area (Å²) in [7, 11) is 0. The lowest BCUT2D eigenvalue weighted by Gasteiger charge is -2.13. The van der Waals surface area contributed by atoms with Crippen molar-refractivity contribution >= 4 is 52.0 Å². The summed E-state index contributed by atoms with van der Waals surface area (Å²) >= 11 is 22.8. The van der Waals surface area contributed by atoms with Gasteiger partial charge in [-0.3, -0.25) is 0 Å². The lowest BCUT2D eigenvalue weighted by molar-refractivity contribution is 0.306. The fourth-order valence-electron chi connectivity index (χ4n) is 1.74. The van der Waals surface area contributed by atoms with Gasteiger partial charge in [-0.1, -0.05) is 47.0 Å². The summed E-state index contributed by atoms with van der Waals surface area (Å²) in [6.07, 6.45) is 0. The zero-order valence-corrected chi connectivity index (χ0v) is 13.6. The van der Waals surface area contributed by atoms with E-state index in [1.54, 1.807) is 0 Å². The Labute approximate surface area is 141 Å². The summed E-state index contributed by atoms with van der Waals surface area (Å²) in [5, 5.41) is 0.925. The number of halogens is 4. The molecule has 0 heterocycles. The van der Waals surface area contributed by atoms with Gasteiger partial charge in [-0.25, -0.2) is 4.39 Å². The van der Waals surface area contributed by atoms with Crippen molar-refractivity contribution in [3.8, 4) is 5.75 Å². The largest absolute Gasteiger partial charge is 0.486 e. The average Bonchev–Trinajstić information content (AvgIpc) is 2.37. The molecule has 0 amide bonds. The standard InChI is InChI=1S/C14H9Cl3FNOS/c15-8-4-11(16)13(12(17)5-8)20-6-7-3-9(18)1-2-10(7)14(19)21/h1-5H,6H2,(H2,19,21). The second-order valence-electron chi connectivity index (χ2n) is 4.15. The van der Waals surface area contributed by atoms with Gasteiger partial charge in [-0.2, -0.15) is 0 Å². The van der Waals surface area contributed by atoms with E-state index in [0.29, 0.717) is 16.1 Å². The number of rotatable bonds is 4. The van der Waals surface area contributed by atoms with Gasteiger partial charge in [0.2, 0.25) is 0 Å². The molecule has 0 fully saturated rings. The van der Waals surface area contributed by atoms with Gasteiger partial charge in [0.25, 0.3) is 0 Å². The Balaban J connectivity index is 2.28. The fraction of sp³-hybridized carbons (Fsp3) is 0.0714. The van der Waals surface area contributed by atoms with Gasteiger partial charge >= 0.3 is 0 Å². The molecular formula is C14H9Cl3FNOS. The van der Waals surface area contributed by atoms with Crippen molar-refractivity contribution in [1.29, 1.82) is 0 Å². The van der Waals surface area contributed by atoms with Crippen LogP contribution in [0.25, 0.3) is 0 Å². The Hall–Kier alpha value is -1.07. The van der Waals surface area contributed by atoms with Crippen LogP contribution in [0.15, 0.2) is 30.3 Å². The number of hydrogen-bond donors (Lipinski definition) is 1. The predicted molar refractivity (Wildman–Crippen MR) is 88.1 cm³/mol. The van der Waals surface area contributed by atoms with Crippen molar-refractivity contribution in [2.75, 3.05) is 0 Å². The highest BCUT2D eigenvalue weighted by molar-refractivity contribution is 7.80. The van der Waals surface area contributed by atoms with Crippen molar-refractivity contribution < 1.29 is 9.13 Å². The van der Waals surface area contributed by atoms with E-state index in [0.717, 1.165) is 0 Å². The zero-order chi connectivity index (χ0) is 15.6. The SMILES string of the molecule is NC(=S)c1ccc(F)cc1COc1c(Cl)cc(Cl)cc1Cl. The van der Waals surface area contributed by atoms with Crippen LogP contribution in [-0.4, -0.2) is 4.99 Å². The summed E-state index contributed by atoms with van der Waals surface area (Å²) in [5.74, 6) is -0.150. The Morgan fingerprint density at radius 3 is 2.33 bits per heavy atom. The second-order valence-corrected chi connectivity index (χ2v) is 5.84. The molecule has 0 aromatic heterocycles. The van der Waals surface area contributed by atoms with Crippen LogP contribution in [0.2, 0.25) is 15.1 Å². The van der Waals surface area contributed by atoms with Gasteiger partial charge in [0.1, 0.15) is 17.4 Å². The summed E-state index contributed by atoms with van der Waals surface area (Å²) in [4.78, 5) is 0.155. The molecule has 0 saturated carbocycles. The van der Waals surface area contributed by atoms with Gasteiger partial charge in [-0.05, 0) is 30.3 Å². The lowest BCUT2D eigenvalue weighted by atomic mass is 10.1. The van der Waals surface area contributed by atoms with Crippen molar-refractivity contribution in [3.63, 3.8) is 0 Å². The summed E-state index contributed by atoms with van der Waals surface area (Å²) in [6, 6.07) is 7.09. The number of hydrogen-bond acceptors (Lipinski definition) is 2. The maximum Gasteiger partial charge on any atom is 0.157 e. The molecule has 0 unspecified atom stereocenters. The van der Waals surface area contributed by atoms with Crippen LogP contribution in [0, 0.1) is 5.82 Å². The summed E-state index contributed by atoms with van der Waals surface area (Å²) in [6.45, 7) is 0.0194. The molecule has 0 bridgehead atoms. The number of nitrogens with two attached hydrogens (primary N) is 1. The molecule has 0 aliphatic rings. The molecule has 2 rings (SSSR count). The zero-order valence-electron chi connectivity index (χ0n) is 10.5. The minimum Gasteiger partial charge on any atom is -0.486 e. The van der Waals surface area contributed by atoms with E-state index >= 15 is 0 Å². The number of ether oxygens (including phenoxy) is 1. The van der Waals surface area contributed by atoms with Crippen LogP contribution in [0.5, 0.6) is 5.75 Å². The molecule has 110 valence electrons. The van der Waals surface area contributed by atoms with E-state index in [9.17, 15) is 4.39 Å². The Kier molecular flexibility index (Phi) is 5.27. The van der Waals surface area contributed by atoms with Crippen molar-refractivity contribution in [3.05, 3.63) is 62.3 Å². The van der Waals surface area contributed by atoms with Crippen LogP contribution in [-0.2, 0) is 6.61 Å². The monoisotopic (exact) mass is 363 g/mol. The van der Waals surface area contributed by atoms with Gasteiger partial charge in [0.05, 0.1) is 10.0 Å². The molecule has 7 heteroatoms. The third-order valence-electron chi connectivity index (χ3n) is 2.67. The topological polar surface area (TPSA) is 35.2 Å². The van der Waals surface area contributed by atoms with Crippen molar-refractivity contribution in [2.24, 2.45) is 5.73 Å². The number of thiocarbonyl (C=S) groups is 1. The van der Waals surface area contributed by atoms with Crippen LogP contribution in [0.3, 0.4) is 0 Å². The first-order valence-corrected chi connectivity index (χ1v) is 7.28. The van der Waals surface area contributed by atoms with Gasteiger partial charge in [0.15, 0.2) is 5.75 Å². The normalized spacial score (nSPS) is 10.5. The second kappa shape index (κ2) is 6.79. The Morgan fingerprint density at radius 1 is 1.14 bits per heavy atom. The van der Waals surface area contributed by atoms with Crippen LogP contribution < -0.4 is 10.5 Å². The van der Waals surface area contributed by atoms with E-state index in [-0.39, 0.29) is 27.4 Å². The smallest absolute Gasteiger partial charge is 0.157 e. The molecule has 21 heavy (non-hydrogen) atoms. The Bertz CT molecular complexity index is 686. The molecule has 2 nitrogen and oxygen atoms in total. The van der Waals surface area contributed by atoms with E-state index in [2.05, 4.69) is 0 Å². The first-order valence-electron chi connectivity index (χ1n) is 5.74. The highest BCUT2D eigenvalue weighted by Crippen LogP contribution is 2.36. The van der Waals surface area contributed by atoms with E-state index in [1.165, 1.54) is 30.3 Å². The molecule has 0 atom stereocenters. The summed E-state index contributed by atoms with van der Waals surface area (Å²) < 4.78 is 18.9. The molecule has 0 aliphatic heterocycles. The van der Waals surface area contributed by atoms with Crippen molar-refractivity contribution in [2.45, 2.75) is 6.61 Å². The van der Waals surface area contributed by atoms with E-state index in [4.69, 9.17) is 57.5 Å². The molecule has 0 spiro atoms. The first kappa shape index (κ1) is 16.3. The third-order valence-corrected chi connectivity index (χ3v) is 3.67. The van der Waals surface area contributed by atoms with E-state index in [1.807, 2.05) is 0 Å². The molecular weight excluding hydrogens is 356 g/mol. The molecule has 0 aliphatic carbocycles. The highest BCUT2D eigenvalue weighted by atomic mass is 35.5. The van der Waals surface area contributed by atoms with Crippen LogP contribution in [0.1, 0.15) is 11.1 Å². The van der Waals surface area contributed by atoms with Gasteiger partial charge in [-0.15, -0.1) is 0 Å². The Morgan fingerprint density at radius 2 is 1.76 bits per heavy atom. The average molecular weight is 365 g/mol. The molecule has 0 saturated heterocycles. The number of benzene rings is 2.